The van der Waals surface area contributed by atoms with Gasteiger partial charge in [-0.05, 0) is 7.05 Å². The predicted octanol–water partition coefficient (Wildman–Crippen LogP) is 0.173. The monoisotopic (exact) mass is 787 g/mol. The number of esters is 3. The fourth-order valence-corrected chi connectivity index (χ4v) is 9.74. The van der Waals surface area contributed by atoms with Crippen LogP contribution in [-0.2, 0) is 60.6 Å². The first-order valence-corrected chi connectivity index (χ1v) is 19.3. The van der Waals surface area contributed by atoms with Crippen molar-refractivity contribution in [2.75, 3.05) is 26.0 Å². The number of ether oxygens (including phenoxy) is 5. The molecule has 5 rings (SSSR count). The summed E-state index contributed by atoms with van der Waals surface area (Å²) in [5.41, 5.74) is 7.09. The zero-order valence-electron chi connectivity index (χ0n) is 27.2. The maximum absolute atomic E-state index is 15.4. The van der Waals surface area contributed by atoms with E-state index in [9.17, 15) is 38.6 Å². The van der Waals surface area contributed by atoms with Crippen LogP contribution in [0.15, 0.2) is 12.5 Å². The van der Waals surface area contributed by atoms with Gasteiger partial charge in [0.05, 0.1) is 24.1 Å². The van der Waals surface area contributed by atoms with Crippen LogP contribution in [-0.4, -0.2) is 117 Å². The van der Waals surface area contributed by atoms with Gasteiger partial charge in [-0.1, -0.05) is 12.2 Å². The zero-order valence-corrected chi connectivity index (χ0v) is 29.9. The molecule has 0 bridgehead atoms. The number of H-pyrrole nitrogens is 1. The Morgan fingerprint density at radius 3 is 2.51 bits per heavy atom. The SMILES string of the molecule is CN[C@H]1[C@@H](O)[C@H](c2c[nH]c3c(N)ncnc23)O[C@@H]1COP(=O)(S)OP(=O)(O)OC1OC2(OC(C)=O)C1C(OC(C)=O)C(O)C2[C@@H](F)COC(C)=O. The van der Waals surface area contributed by atoms with E-state index in [-0.39, 0.29) is 5.82 Å². The smallest absolute Gasteiger partial charge is 0.463 e. The molecule has 0 amide bonds. The molecule has 3 aliphatic rings. The van der Waals surface area contributed by atoms with Gasteiger partial charge in [0, 0.05) is 32.5 Å². The highest BCUT2D eigenvalue weighted by molar-refractivity contribution is 8.45. The molecule has 2 saturated heterocycles. The Hall–Kier alpha value is -2.79. The molecule has 0 spiro atoms. The number of nitrogen functional groups attached to an aromatic ring is 1. The molecule has 0 aromatic carbocycles. The number of aromatic nitrogens is 3. The molecule has 0 radical (unpaired) electrons. The number of nitrogens with one attached hydrogen (secondary N) is 2. The van der Waals surface area contributed by atoms with Crippen LogP contribution in [0.5, 0.6) is 0 Å². The van der Waals surface area contributed by atoms with E-state index in [2.05, 4.69) is 37.3 Å². The number of anilines is 1. The molecular formula is C26H36FN5O16P2S. The summed E-state index contributed by atoms with van der Waals surface area (Å²) in [5.74, 6) is -8.71. The second kappa shape index (κ2) is 14.9. The van der Waals surface area contributed by atoms with Gasteiger partial charge >= 0.3 is 32.5 Å². The van der Waals surface area contributed by atoms with Crippen molar-refractivity contribution in [3.63, 3.8) is 0 Å². The topological polar surface area (TPSA) is 299 Å². The fourth-order valence-electron chi connectivity index (χ4n) is 6.55. The first kappa shape index (κ1) is 39.4. The number of halogens is 1. The molecule has 2 aliphatic heterocycles. The van der Waals surface area contributed by atoms with Crippen molar-refractivity contribution in [1.82, 2.24) is 20.3 Å². The molecule has 1 aliphatic carbocycles. The van der Waals surface area contributed by atoms with Gasteiger partial charge in [0.1, 0.15) is 61.1 Å². The van der Waals surface area contributed by atoms with Gasteiger partial charge in [0.25, 0.3) is 0 Å². The molecule has 3 fully saturated rings. The minimum atomic E-state index is -5.53. The first-order valence-electron chi connectivity index (χ1n) is 15.1. The molecule has 13 atom stereocenters. The summed E-state index contributed by atoms with van der Waals surface area (Å²) in [6, 6.07) is -0.831. The van der Waals surface area contributed by atoms with E-state index in [4.69, 9.17) is 38.0 Å². The van der Waals surface area contributed by atoms with E-state index in [1.54, 1.807) is 0 Å². The van der Waals surface area contributed by atoms with Gasteiger partial charge in [-0.25, -0.2) is 23.5 Å². The molecule has 4 heterocycles. The van der Waals surface area contributed by atoms with Crippen LogP contribution in [0.25, 0.3) is 11.0 Å². The summed E-state index contributed by atoms with van der Waals surface area (Å²) in [6.07, 6.45) is -8.48. The van der Waals surface area contributed by atoms with Crippen LogP contribution in [0.4, 0.5) is 10.2 Å². The number of aliphatic hydroxyl groups excluding tert-OH is 2. The summed E-state index contributed by atoms with van der Waals surface area (Å²) < 4.78 is 83.1. The Morgan fingerprint density at radius 1 is 1.18 bits per heavy atom. The Labute approximate surface area is 293 Å². The summed E-state index contributed by atoms with van der Waals surface area (Å²) >= 11 is 3.76. The number of alkyl halides is 1. The average molecular weight is 788 g/mol. The van der Waals surface area contributed by atoms with Crippen LogP contribution in [0.2, 0.25) is 0 Å². The lowest BCUT2D eigenvalue weighted by Crippen LogP contribution is -2.66. The van der Waals surface area contributed by atoms with E-state index in [1.165, 1.54) is 19.6 Å². The Morgan fingerprint density at radius 2 is 1.88 bits per heavy atom. The second-order valence-electron chi connectivity index (χ2n) is 11.8. The van der Waals surface area contributed by atoms with Crippen LogP contribution >= 0.6 is 26.9 Å². The number of nitrogens with zero attached hydrogens (tertiary/aromatic N) is 2. The number of thiol groups is 1. The summed E-state index contributed by atoms with van der Waals surface area (Å²) in [7, 11) is -4.02. The van der Waals surface area contributed by atoms with Gasteiger partial charge in [-0.3, -0.25) is 23.4 Å². The average Bonchev–Trinajstić information content (AvgIpc) is 3.62. The molecule has 51 heavy (non-hydrogen) atoms. The van der Waals surface area contributed by atoms with Gasteiger partial charge in [-0.2, -0.15) is 4.31 Å². The highest BCUT2D eigenvalue weighted by atomic mass is 32.7. The third kappa shape index (κ3) is 7.94. The third-order valence-corrected chi connectivity index (χ3v) is 12.0. The molecule has 25 heteroatoms. The summed E-state index contributed by atoms with van der Waals surface area (Å²) in [4.78, 5) is 56.8. The van der Waals surface area contributed by atoms with Crippen LogP contribution in [0, 0.1) is 11.8 Å². The molecule has 8 unspecified atom stereocenters. The van der Waals surface area contributed by atoms with Crippen molar-refractivity contribution in [3.05, 3.63) is 18.1 Å². The zero-order chi connectivity index (χ0) is 37.6. The summed E-state index contributed by atoms with van der Waals surface area (Å²) in [5, 5.41) is 24.9. The standard InChI is InChI=1S/C26H36FN5O16P2S/c1-9(33)41-6-13(27)15-20(36)23(43-10(2)34)16-25(46-26(15,16)45-11(3)35)47-49(38,39)48-50(40,51)42-7-14-18(29-4)21(37)22(44-14)12-5-30-19-17(12)31-8-32-24(19)28/h5,8,13-16,18,20-23,25,29-30,36-37H,6-7H2,1-4H3,(H,38,39)(H,40,51)(H2,28,31,32)/t13-,14+,15?,16?,18+,20?,21+,22-,23?,25?,26?,50?/m0/s1. The molecule has 284 valence electrons. The number of rotatable bonds is 14. The minimum Gasteiger partial charge on any atom is -0.463 e. The van der Waals surface area contributed by atoms with Crippen molar-refractivity contribution in [1.29, 1.82) is 0 Å². The molecule has 1 saturated carbocycles. The van der Waals surface area contributed by atoms with Crippen LogP contribution in [0.3, 0.4) is 0 Å². The fraction of sp³-hybridized carbons (Fsp3) is 0.654. The Bertz CT molecular complexity index is 1760. The van der Waals surface area contributed by atoms with Crippen LogP contribution < -0.4 is 11.1 Å². The van der Waals surface area contributed by atoms with Crippen molar-refractivity contribution in [3.8, 4) is 0 Å². The maximum Gasteiger partial charge on any atom is 0.482 e. The number of likely N-dealkylation sites (N-methyl/N-ethyl adjacent to an activating group) is 1. The van der Waals surface area contributed by atoms with Gasteiger partial charge in [0.15, 0.2) is 12.1 Å². The first-order chi connectivity index (χ1) is 23.8. The number of fused-ring (bicyclic) bond motifs is 2. The number of carbonyl (C=O) groups is 3. The van der Waals surface area contributed by atoms with Crippen molar-refractivity contribution < 1.29 is 80.1 Å². The minimum absolute atomic E-state index is 0.161. The highest BCUT2D eigenvalue weighted by Crippen LogP contribution is 2.68. The maximum atomic E-state index is 15.4. The number of phosphoric acid groups is 1. The van der Waals surface area contributed by atoms with E-state index in [1.807, 2.05) is 0 Å². The van der Waals surface area contributed by atoms with E-state index in [0.29, 0.717) is 16.6 Å². The van der Waals surface area contributed by atoms with Gasteiger partial charge < -0.3 is 54.8 Å². The molecule has 21 nitrogen and oxygen atoms in total. The van der Waals surface area contributed by atoms with E-state index >= 15 is 4.39 Å². The predicted molar refractivity (Wildman–Crippen MR) is 169 cm³/mol. The van der Waals surface area contributed by atoms with Gasteiger partial charge in [0.2, 0.25) is 5.79 Å². The van der Waals surface area contributed by atoms with E-state index < -0.39 is 112 Å². The van der Waals surface area contributed by atoms with Gasteiger partial charge in [-0.15, -0.1) is 0 Å². The number of hydrogen-bond donors (Lipinski definition) is 7. The quantitative estimate of drug-likeness (QED) is 0.0581. The number of carbonyl (C=O) groups excluding carboxylic acids is 3. The molecule has 2 aromatic rings. The Balaban J connectivity index is 1.28. The lowest BCUT2D eigenvalue weighted by atomic mass is 9.86. The number of nitrogens with two attached hydrogens (primary N) is 1. The lowest BCUT2D eigenvalue weighted by Gasteiger charge is -2.51. The van der Waals surface area contributed by atoms with Crippen molar-refractivity contribution >= 4 is 61.6 Å². The third-order valence-electron chi connectivity index (χ3n) is 8.43. The highest BCUT2D eigenvalue weighted by Gasteiger charge is 2.78. The summed E-state index contributed by atoms with van der Waals surface area (Å²) in [6.45, 7) is -3.50. The number of aliphatic hydroxyl groups is 2. The van der Waals surface area contributed by atoms with E-state index in [0.717, 1.165) is 20.8 Å². The Kier molecular flexibility index (Phi) is 11.5. The lowest BCUT2D eigenvalue weighted by molar-refractivity contribution is -0.425. The number of aromatic amines is 1. The molecule has 2 aromatic heterocycles. The second-order valence-corrected chi connectivity index (χ2v) is 16.2. The number of hydrogen-bond acceptors (Lipinski definition) is 19. The number of phosphoric ester groups is 1. The normalized spacial score (nSPS) is 34.5. The largest absolute Gasteiger partial charge is 0.482 e. The van der Waals surface area contributed by atoms with Crippen molar-refractivity contribution in [2.24, 2.45) is 11.8 Å². The van der Waals surface area contributed by atoms with Crippen LogP contribution in [0.1, 0.15) is 32.4 Å². The molecule has 7 N–H and O–H groups in total. The van der Waals surface area contributed by atoms with Crippen molar-refractivity contribution in [2.45, 2.75) is 75.6 Å². The molecular weight excluding hydrogens is 751 g/mol.